The third kappa shape index (κ3) is 8.74. The lowest BCUT2D eigenvalue weighted by atomic mass is 9.85. The van der Waals surface area contributed by atoms with E-state index in [2.05, 4.69) is 10.8 Å². The first-order valence-corrected chi connectivity index (χ1v) is 16.1. The van der Waals surface area contributed by atoms with Crippen molar-refractivity contribution in [3.05, 3.63) is 89.0 Å². The largest absolute Gasteiger partial charge is 0.435 e. The van der Waals surface area contributed by atoms with Crippen molar-refractivity contribution in [2.24, 2.45) is 5.73 Å². The summed E-state index contributed by atoms with van der Waals surface area (Å²) < 4.78 is 85.1. The first-order valence-electron chi connectivity index (χ1n) is 14.5. The fourth-order valence-electron chi connectivity index (χ4n) is 5.58. The Bertz CT molecular complexity index is 1630. The molecule has 14 heteroatoms. The highest BCUT2D eigenvalue weighted by molar-refractivity contribution is 7.91. The highest BCUT2D eigenvalue weighted by atomic mass is 32.2. The van der Waals surface area contributed by atoms with Crippen molar-refractivity contribution in [2.45, 2.75) is 50.0 Å². The third-order valence-electron chi connectivity index (χ3n) is 7.86. The van der Waals surface area contributed by atoms with Gasteiger partial charge in [0.25, 0.3) is 0 Å². The summed E-state index contributed by atoms with van der Waals surface area (Å²) in [6, 6.07) is 18.8. The maximum Gasteiger partial charge on any atom is 0.387 e. The standard InChI is InChI=1S/C32H34F4N4O5S/c1-2-46(42,43)26-10-5-22(6-11-26)27(13-14-37)29-17-23(7-12-28(29)30(38)41)40-16-15-39(19-24(40)20-44-31(33)34)18-21-3-8-25(9-4-21)45-32(35)36/h3-12,17,24,27,31-32H,2,13,15-16,18-20H2,1H3,(H2,38,41)/t24?,27-/m0/s1. The number of piperazine rings is 1. The molecule has 0 saturated carbocycles. The van der Waals surface area contributed by atoms with Crippen molar-refractivity contribution < 1.29 is 40.2 Å². The summed E-state index contributed by atoms with van der Waals surface area (Å²) in [5.41, 5.74) is 8.35. The second-order valence-corrected chi connectivity index (χ2v) is 13.0. The number of halogens is 4. The zero-order valence-corrected chi connectivity index (χ0v) is 25.8. The Hall–Kier alpha value is -4.19. The molecule has 3 aromatic rings. The van der Waals surface area contributed by atoms with Crippen LogP contribution >= 0.6 is 0 Å². The number of amides is 1. The molecule has 1 saturated heterocycles. The van der Waals surface area contributed by atoms with Gasteiger partial charge in [-0.25, -0.2) is 8.42 Å². The molecule has 0 spiro atoms. The minimum absolute atomic E-state index is 0.0265. The molecular weight excluding hydrogens is 628 g/mol. The van der Waals surface area contributed by atoms with E-state index in [0.29, 0.717) is 43.0 Å². The first kappa shape index (κ1) is 34.7. The van der Waals surface area contributed by atoms with Gasteiger partial charge in [0.2, 0.25) is 5.91 Å². The monoisotopic (exact) mass is 662 g/mol. The fourth-order valence-corrected chi connectivity index (χ4v) is 6.46. The number of carbonyl (C=O) groups excluding carboxylic acids is 1. The summed E-state index contributed by atoms with van der Waals surface area (Å²) in [6.45, 7) is -3.04. The van der Waals surface area contributed by atoms with E-state index >= 15 is 0 Å². The molecule has 0 radical (unpaired) electrons. The summed E-state index contributed by atoms with van der Waals surface area (Å²) in [5.74, 6) is -1.41. The molecule has 1 aliphatic heterocycles. The lowest BCUT2D eigenvalue weighted by Gasteiger charge is -2.43. The van der Waals surface area contributed by atoms with Crippen LogP contribution in [0.2, 0.25) is 0 Å². The van der Waals surface area contributed by atoms with E-state index in [4.69, 9.17) is 10.5 Å². The average Bonchev–Trinajstić information content (AvgIpc) is 3.03. The Morgan fingerprint density at radius 3 is 2.30 bits per heavy atom. The Morgan fingerprint density at radius 1 is 1.02 bits per heavy atom. The number of benzene rings is 3. The van der Waals surface area contributed by atoms with Gasteiger partial charge in [-0.2, -0.15) is 22.8 Å². The zero-order valence-electron chi connectivity index (χ0n) is 25.0. The van der Waals surface area contributed by atoms with Gasteiger partial charge in [0.15, 0.2) is 9.84 Å². The summed E-state index contributed by atoms with van der Waals surface area (Å²) in [7, 11) is -3.46. The van der Waals surface area contributed by atoms with Gasteiger partial charge in [-0.3, -0.25) is 9.69 Å². The lowest BCUT2D eigenvalue weighted by Crippen LogP contribution is -2.55. The van der Waals surface area contributed by atoms with Crippen molar-refractivity contribution in [3.8, 4) is 11.8 Å². The number of ether oxygens (including phenoxy) is 2. The molecule has 1 unspecified atom stereocenters. The molecule has 0 bridgehead atoms. The van der Waals surface area contributed by atoms with Crippen LogP contribution in [0.5, 0.6) is 5.75 Å². The van der Waals surface area contributed by atoms with E-state index in [1.54, 1.807) is 36.4 Å². The van der Waals surface area contributed by atoms with Crippen molar-refractivity contribution in [1.29, 1.82) is 5.26 Å². The van der Waals surface area contributed by atoms with Crippen molar-refractivity contribution in [2.75, 3.05) is 36.9 Å². The van der Waals surface area contributed by atoms with Crippen LogP contribution in [0.1, 0.15) is 46.3 Å². The Kier molecular flexibility index (Phi) is 11.6. The zero-order chi connectivity index (χ0) is 33.4. The minimum Gasteiger partial charge on any atom is -0.435 e. The summed E-state index contributed by atoms with van der Waals surface area (Å²) >= 11 is 0. The Labute approximate surface area is 265 Å². The lowest BCUT2D eigenvalue weighted by molar-refractivity contribution is -0.134. The van der Waals surface area contributed by atoms with Gasteiger partial charge in [-0.1, -0.05) is 31.2 Å². The molecule has 0 aliphatic carbocycles. The Balaban J connectivity index is 1.63. The maximum atomic E-state index is 13.2. The van der Waals surface area contributed by atoms with Crippen LogP contribution in [0.25, 0.3) is 0 Å². The number of nitrogens with zero attached hydrogens (tertiary/aromatic N) is 3. The number of hydrogen-bond acceptors (Lipinski definition) is 8. The smallest absolute Gasteiger partial charge is 0.387 e. The summed E-state index contributed by atoms with van der Waals surface area (Å²) in [5, 5.41) is 9.69. The number of nitriles is 1. The van der Waals surface area contributed by atoms with Crippen LogP contribution in [0.3, 0.4) is 0 Å². The molecule has 46 heavy (non-hydrogen) atoms. The van der Waals surface area contributed by atoms with Crippen LogP contribution in [-0.2, 0) is 21.1 Å². The molecule has 1 heterocycles. The molecule has 1 amide bonds. The number of rotatable bonds is 14. The van der Waals surface area contributed by atoms with Crippen LogP contribution in [0.4, 0.5) is 23.2 Å². The van der Waals surface area contributed by atoms with E-state index in [-0.39, 0.29) is 35.0 Å². The van der Waals surface area contributed by atoms with Gasteiger partial charge < -0.3 is 20.1 Å². The number of sulfone groups is 1. The van der Waals surface area contributed by atoms with Crippen LogP contribution in [0, 0.1) is 11.3 Å². The molecule has 3 aromatic carbocycles. The molecule has 2 atom stereocenters. The minimum atomic E-state index is -3.46. The highest BCUT2D eigenvalue weighted by Crippen LogP contribution is 2.35. The normalized spacial score (nSPS) is 16.4. The number of primary amides is 1. The second-order valence-electron chi connectivity index (χ2n) is 10.7. The van der Waals surface area contributed by atoms with E-state index in [1.807, 2.05) is 9.80 Å². The maximum absolute atomic E-state index is 13.2. The molecule has 9 nitrogen and oxygen atoms in total. The molecular formula is C32H34F4N4O5S. The van der Waals surface area contributed by atoms with Crippen LogP contribution < -0.4 is 15.4 Å². The highest BCUT2D eigenvalue weighted by Gasteiger charge is 2.30. The number of anilines is 1. The van der Waals surface area contributed by atoms with Gasteiger partial charge in [-0.05, 0) is 59.2 Å². The first-order chi connectivity index (χ1) is 21.9. The van der Waals surface area contributed by atoms with Gasteiger partial charge in [0.1, 0.15) is 5.75 Å². The van der Waals surface area contributed by atoms with Crippen molar-refractivity contribution in [1.82, 2.24) is 4.90 Å². The van der Waals surface area contributed by atoms with Crippen molar-refractivity contribution in [3.63, 3.8) is 0 Å². The van der Waals surface area contributed by atoms with Crippen molar-refractivity contribution >= 4 is 21.4 Å². The van der Waals surface area contributed by atoms with Gasteiger partial charge in [-0.15, -0.1) is 0 Å². The molecule has 1 fully saturated rings. The van der Waals surface area contributed by atoms with Gasteiger partial charge >= 0.3 is 13.2 Å². The molecule has 4 rings (SSSR count). The number of carbonyl (C=O) groups is 1. The Morgan fingerprint density at radius 2 is 1.72 bits per heavy atom. The van der Waals surface area contributed by atoms with E-state index in [0.717, 1.165) is 5.56 Å². The molecule has 246 valence electrons. The molecule has 0 aromatic heterocycles. The van der Waals surface area contributed by atoms with Crippen LogP contribution in [-0.4, -0.2) is 70.5 Å². The summed E-state index contributed by atoms with van der Waals surface area (Å²) in [4.78, 5) is 16.6. The number of alkyl halides is 4. The van der Waals surface area contributed by atoms with Gasteiger partial charge in [0, 0.05) is 49.8 Å². The predicted octanol–water partition coefficient (Wildman–Crippen LogP) is 5.16. The van der Waals surface area contributed by atoms with E-state index in [1.165, 1.54) is 37.3 Å². The number of nitrogens with two attached hydrogens (primary N) is 1. The van der Waals surface area contributed by atoms with E-state index < -0.39 is 40.9 Å². The quantitative estimate of drug-likeness (QED) is 0.235. The van der Waals surface area contributed by atoms with E-state index in [9.17, 15) is 36.0 Å². The average molecular weight is 663 g/mol. The molecule has 1 aliphatic rings. The molecule has 2 N–H and O–H groups in total. The van der Waals surface area contributed by atoms with Gasteiger partial charge in [0.05, 0.1) is 29.4 Å². The summed E-state index contributed by atoms with van der Waals surface area (Å²) in [6.07, 6.45) is -0.0452. The SMILES string of the molecule is CCS(=O)(=O)c1ccc([C@H](CC#N)c2cc(N3CCN(Cc4ccc(OC(F)F)cc4)CC3COC(F)F)ccc2C(N)=O)cc1. The van der Waals surface area contributed by atoms with Crippen LogP contribution in [0.15, 0.2) is 71.6 Å². The fraction of sp³-hybridized carbons (Fsp3) is 0.375. The number of hydrogen-bond donors (Lipinski definition) is 1. The third-order valence-corrected chi connectivity index (χ3v) is 9.61. The topological polar surface area (TPSA) is 126 Å². The predicted molar refractivity (Wildman–Crippen MR) is 163 cm³/mol. The second kappa shape index (κ2) is 15.4.